The van der Waals surface area contributed by atoms with Gasteiger partial charge in [0.1, 0.15) is 0 Å². The normalized spacial score (nSPS) is 13.9. The second kappa shape index (κ2) is 8.92. The van der Waals surface area contributed by atoms with Crippen molar-refractivity contribution in [1.29, 1.82) is 0 Å². The Morgan fingerprint density at radius 1 is 1.19 bits per heavy atom. The van der Waals surface area contributed by atoms with Crippen molar-refractivity contribution >= 4 is 10.1 Å². The molecule has 6 heteroatoms. The first-order valence-corrected chi connectivity index (χ1v) is 7.07. The Balaban J connectivity index is 3.28. The van der Waals surface area contributed by atoms with Gasteiger partial charge in [0.2, 0.25) is 0 Å². The van der Waals surface area contributed by atoms with E-state index in [-0.39, 0.29) is 11.9 Å². The third-order valence-corrected chi connectivity index (χ3v) is 3.44. The standard InChI is InChI=1S/C10H22O5S/c1-4-10(2)15-8-7-14-6-5-9-16(11,12)13-3/h10H,4-9H2,1-3H3. The van der Waals surface area contributed by atoms with Crippen LogP contribution in [0.5, 0.6) is 0 Å². The molecule has 5 nitrogen and oxygen atoms in total. The molecule has 0 rings (SSSR count). The molecule has 0 aliphatic heterocycles. The third kappa shape index (κ3) is 9.08. The number of hydrogen-bond acceptors (Lipinski definition) is 5. The van der Waals surface area contributed by atoms with E-state index in [1.807, 2.05) is 6.92 Å². The minimum Gasteiger partial charge on any atom is -0.379 e. The van der Waals surface area contributed by atoms with Gasteiger partial charge in [-0.05, 0) is 19.8 Å². The second-order valence-electron chi connectivity index (χ2n) is 3.48. The molecule has 0 amide bonds. The maximum atomic E-state index is 10.9. The average molecular weight is 254 g/mol. The summed E-state index contributed by atoms with van der Waals surface area (Å²) in [5, 5.41) is 0. The molecule has 1 unspecified atom stereocenters. The van der Waals surface area contributed by atoms with Crippen LogP contribution in [0.3, 0.4) is 0 Å². The van der Waals surface area contributed by atoms with E-state index in [4.69, 9.17) is 9.47 Å². The van der Waals surface area contributed by atoms with E-state index in [9.17, 15) is 8.42 Å². The van der Waals surface area contributed by atoms with Crippen LogP contribution in [0, 0.1) is 0 Å². The SMILES string of the molecule is CCC(C)OCCOCCCS(=O)(=O)OC. The van der Waals surface area contributed by atoms with E-state index in [0.717, 1.165) is 13.5 Å². The molecule has 0 aliphatic carbocycles. The highest BCUT2D eigenvalue weighted by Gasteiger charge is 2.07. The summed E-state index contributed by atoms with van der Waals surface area (Å²) in [6.07, 6.45) is 1.67. The molecule has 0 aromatic heterocycles. The molecule has 16 heavy (non-hydrogen) atoms. The van der Waals surface area contributed by atoms with E-state index >= 15 is 0 Å². The molecule has 0 spiro atoms. The summed E-state index contributed by atoms with van der Waals surface area (Å²) in [5.74, 6) is -0.00425. The predicted octanol–water partition coefficient (Wildman–Crippen LogP) is 1.18. The van der Waals surface area contributed by atoms with Crippen molar-refractivity contribution in [2.45, 2.75) is 32.8 Å². The predicted molar refractivity (Wildman–Crippen MR) is 61.9 cm³/mol. The molecule has 0 aromatic carbocycles. The van der Waals surface area contributed by atoms with Gasteiger partial charge in [-0.3, -0.25) is 4.18 Å². The Bertz CT molecular complexity index is 250. The van der Waals surface area contributed by atoms with Crippen LogP contribution in [0.15, 0.2) is 0 Å². The van der Waals surface area contributed by atoms with Crippen molar-refractivity contribution in [3.63, 3.8) is 0 Å². The highest BCUT2D eigenvalue weighted by molar-refractivity contribution is 7.86. The van der Waals surface area contributed by atoms with Crippen LogP contribution < -0.4 is 0 Å². The molecule has 0 bridgehead atoms. The molecule has 0 saturated heterocycles. The highest BCUT2D eigenvalue weighted by Crippen LogP contribution is 1.96. The van der Waals surface area contributed by atoms with Crippen LogP contribution in [0.4, 0.5) is 0 Å². The van der Waals surface area contributed by atoms with Crippen molar-refractivity contribution < 1.29 is 22.1 Å². The van der Waals surface area contributed by atoms with Crippen molar-refractivity contribution in [3.05, 3.63) is 0 Å². The Labute approximate surface area is 98.2 Å². The van der Waals surface area contributed by atoms with Gasteiger partial charge in [-0.2, -0.15) is 8.42 Å². The van der Waals surface area contributed by atoms with E-state index < -0.39 is 10.1 Å². The first-order chi connectivity index (χ1) is 7.52. The lowest BCUT2D eigenvalue weighted by Crippen LogP contribution is -2.14. The molecule has 0 heterocycles. The Morgan fingerprint density at radius 2 is 1.88 bits per heavy atom. The number of ether oxygens (including phenoxy) is 2. The Hall–Kier alpha value is -0.170. The summed E-state index contributed by atoms with van der Waals surface area (Å²) in [5.41, 5.74) is 0. The lowest BCUT2D eigenvalue weighted by atomic mass is 10.3. The van der Waals surface area contributed by atoms with Gasteiger partial charge in [-0.1, -0.05) is 6.92 Å². The van der Waals surface area contributed by atoms with Crippen LogP contribution in [-0.2, 0) is 23.8 Å². The fourth-order valence-corrected chi connectivity index (χ4v) is 1.59. The number of hydrogen-bond donors (Lipinski definition) is 0. The minimum atomic E-state index is -3.34. The van der Waals surface area contributed by atoms with Gasteiger partial charge in [0, 0.05) is 6.61 Å². The van der Waals surface area contributed by atoms with Crippen molar-refractivity contribution in [2.75, 3.05) is 32.7 Å². The van der Waals surface area contributed by atoms with E-state index in [0.29, 0.717) is 26.2 Å². The summed E-state index contributed by atoms with van der Waals surface area (Å²) >= 11 is 0. The summed E-state index contributed by atoms with van der Waals surface area (Å²) in [6, 6.07) is 0. The molecule has 1 atom stereocenters. The third-order valence-electron chi connectivity index (χ3n) is 2.14. The fraction of sp³-hybridized carbons (Fsp3) is 1.00. The zero-order chi connectivity index (χ0) is 12.4. The number of rotatable bonds is 10. The molecule has 0 aliphatic rings. The smallest absolute Gasteiger partial charge is 0.267 e. The lowest BCUT2D eigenvalue weighted by molar-refractivity contribution is 0.0113. The van der Waals surface area contributed by atoms with Gasteiger partial charge in [0.05, 0.1) is 32.2 Å². The average Bonchev–Trinajstić information content (AvgIpc) is 2.27. The van der Waals surface area contributed by atoms with Crippen LogP contribution in [0.25, 0.3) is 0 Å². The van der Waals surface area contributed by atoms with Crippen molar-refractivity contribution in [1.82, 2.24) is 0 Å². The molecule has 0 saturated carbocycles. The van der Waals surface area contributed by atoms with Gasteiger partial charge in [0.25, 0.3) is 10.1 Å². The monoisotopic (exact) mass is 254 g/mol. The maximum Gasteiger partial charge on any atom is 0.267 e. The van der Waals surface area contributed by atoms with Crippen LogP contribution in [0.1, 0.15) is 26.7 Å². The summed E-state index contributed by atoms with van der Waals surface area (Å²) in [7, 11) is -2.18. The first kappa shape index (κ1) is 15.8. The van der Waals surface area contributed by atoms with Crippen molar-refractivity contribution in [2.24, 2.45) is 0 Å². The van der Waals surface area contributed by atoms with Crippen LogP contribution >= 0.6 is 0 Å². The molecule has 0 aromatic rings. The van der Waals surface area contributed by atoms with Crippen LogP contribution in [0.2, 0.25) is 0 Å². The Kier molecular flexibility index (Phi) is 8.83. The Morgan fingerprint density at radius 3 is 2.44 bits per heavy atom. The lowest BCUT2D eigenvalue weighted by Gasteiger charge is -2.10. The first-order valence-electron chi connectivity index (χ1n) is 5.49. The topological polar surface area (TPSA) is 61.8 Å². The maximum absolute atomic E-state index is 10.9. The van der Waals surface area contributed by atoms with Crippen LogP contribution in [-0.4, -0.2) is 47.2 Å². The molecule has 0 N–H and O–H groups in total. The molecule has 0 radical (unpaired) electrons. The highest BCUT2D eigenvalue weighted by atomic mass is 32.2. The van der Waals surface area contributed by atoms with E-state index in [1.165, 1.54) is 0 Å². The summed E-state index contributed by atoms with van der Waals surface area (Å²) < 4.78 is 36.7. The zero-order valence-electron chi connectivity index (χ0n) is 10.3. The van der Waals surface area contributed by atoms with E-state index in [1.54, 1.807) is 0 Å². The van der Waals surface area contributed by atoms with Gasteiger partial charge >= 0.3 is 0 Å². The van der Waals surface area contributed by atoms with Gasteiger partial charge in [-0.15, -0.1) is 0 Å². The second-order valence-corrected chi connectivity index (χ2v) is 5.34. The zero-order valence-corrected chi connectivity index (χ0v) is 11.1. The van der Waals surface area contributed by atoms with Gasteiger partial charge < -0.3 is 9.47 Å². The molecule has 98 valence electrons. The molecular weight excluding hydrogens is 232 g/mol. The van der Waals surface area contributed by atoms with Gasteiger partial charge in [-0.25, -0.2) is 0 Å². The summed E-state index contributed by atoms with van der Waals surface area (Å²) in [6.45, 7) is 5.52. The largest absolute Gasteiger partial charge is 0.379 e. The summed E-state index contributed by atoms with van der Waals surface area (Å²) in [4.78, 5) is 0. The van der Waals surface area contributed by atoms with Gasteiger partial charge in [0.15, 0.2) is 0 Å². The minimum absolute atomic E-state index is 0.00425. The van der Waals surface area contributed by atoms with E-state index in [2.05, 4.69) is 11.1 Å². The fourth-order valence-electron chi connectivity index (χ4n) is 0.949. The quantitative estimate of drug-likeness (QED) is 0.433. The molecular formula is C10H22O5S. The van der Waals surface area contributed by atoms with Crippen molar-refractivity contribution in [3.8, 4) is 0 Å². The molecule has 0 fully saturated rings.